The van der Waals surface area contributed by atoms with E-state index in [1.807, 2.05) is 12.1 Å². The number of benzene rings is 9. The molecule has 0 spiro atoms. The molecular formula is C50H30N4. The third kappa shape index (κ3) is 4.13. The maximum absolute atomic E-state index is 5.48. The van der Waals surface area contributed by atoms with Gasteiger partial charge in [-0.1, -0.05) is 140 Å². The molecule has 0 aliphatic rings. The minimum absolute atomic E-state index is 0.809. The van der Waals surface area contributed by atoms with Crippen molar-refractivity contribution in [3.8, 4) is 22.8 Å². The highest BCUT2D eigenvalue weighted by Gasteiger charge is 2.22. The third-order valence-corrected chi connectivity index (χ3v) is 11.2. The van der Waals surface area contributed by atoms with Gasteiger partial charge in [0.1, 0.15) is 5.69 Å². The normalized spacial score (nSPS) is 12.1. The van der Waals surface area contributed by atoms with Gasteiger partial charge in [0.05, 0.1) is 33.1 Å². The summed E-state index contributed by atoms with van der Waals surface area (Å²) in [7, 11) is 0. The highest BCUT2D eigenvalue weighted by atomic mass is 15.1. The Kier molecular flexibility index (Phi) is 6.02. The zero-order valence-corrected chi connectivity index (χ0v) is 29.1. The minimum atomic E-state index is 0.809. The topological polar surface area (TPSA) is 35.6 Å². The average Bonchev–Trinajstić information content (AvgIpc) is 3.76. The lowest BCUT2D eigenvalue weighted by Gasteiger charge is -2.15. The standard InChI is InChI=1S/C50H30N4/c1-2-14-34-29-35(22-21-31(34)11-1)48-50(52-43-19-9-8-18-42(43)51-48)54-45-28-24-32-12-3-5-15-37(32)47(45)41-27-25-36(30-46(41)54)53-44-20-10-7-17-39(44)40-26-23-33-13-4-6-16-38(33)49(40)53/h1-30H. The second-order valence-corrected chi connectivity index (χ2v) is 14.2. The first-order valence-corrected chi connectivity index (χ1v) is 18.4. The van der Waals surface area contributed by atoms with E-state index in [0.29, 0.717) is 0 Å². The lowest BCUT2D eigenvalue weighted by molar-refractivity contribution is 1.08. The number of para-hydroxylation sites is 3. The minimum Gasteiger partial charge on any atom is -0.309 e. The van der Waals surface area contributed by atoms with Gasteiger partial charge in [-0.15, -0.1) is 0 Å². The predicted molar refractivity (Wildman–Crippen MR) is 226 cm³/mol. The van der Waals surface area contributed by atoms with Crippen molar-refractivity contribution in [1.82, 2.24) is 19.1 Å². The summed E-state index contributed by atoms with van der Waals surface area (Å²) >= 11 is 0. The van der Waals surface area contributed by atoms with Crippen molar-refractivity contribution in [2.45, 2.75) is 0 Å². The first-order valence-electron chi connectivity index (χ1n) is 18.4. The molecule has 3 aromatic heterocycles. The zero-order valence-electron chi connectivity index (χ0n) is 29.1. The highest BCUT2D eigenvalue weighted by Crippen LogP contribution is 2.42. The fourth-order valence-corrected chi connectivity index (χ4v) is 8.82. The number of hydrogen-bond acceptors (Lipinski definition) is 2. The molecule has 0 bridgehead atoms. The Morgan fingerprint density at radius 3 is 1.83 bits per heavy atom. The van der Waals surface area contributed by atoms with Crippen LogP contribution in [0.2, 0.25) is 0 Å². The maximum Gasteiger partial charge on any atom is 0.165 e. The summed E-state index contributed by atoms with van der Waals surface area (Å²) in [5, 5.41) is 12.1. The second-order valence-electron chi connectivity index (χ2n) is 14.2. The van der Waals surface area contributed by atoms with Gasteiger partial charge in [-0.2, -0.15) is 0 Å². The molecule has 0 atom stereocenters. The van der Waals surface area contributed by atoms with E-state index in [1.165, 1.54) is 64.9 Å². The van der Waals surface area contributed by atoms with Crippen molar-refractivity contribution in [3.63, 3.8) is 0 Å². The average molecular weight is 687 g/mol. The van der Waals surface area contributed by atoms with Crippen molar-refractivity contribution in [1.29, 1.82) is 0 Å². The Labute approximate surface area is 309 Å². The molecule has 0 saturated carbocycles. The van der Waals surface area contributed by atoms with E-state index in [4.69, 9.17) is 9.97 Å². The predicted octanol–water partition coefficient (Wildman–Crippen LogP) is 13.0. The quantitative estimate of drug-likeness (QED) is 0.185. The summed E-state index contributed by atoms with van der Waals surface area (Å²) in [6.07, 6.45) is 0. The smallest absolute Gasteiger partial charge is 0.165 e. The fourth-order valence-electron chi connectivity index (χ4n) is 8.82. The fraction of sp³-hybridized carbons (Fsp3) is 0. The second kappa shape index (κ2) is 11.1. The Hall–Kier alpha value is -7.30. The molecular weight excluding hydrogens is 657 g/mol. The Morgan fingerprint density at radius 1 is 0.352 bits per heavy atom. The van der Waals surface area contributed by atoms with Crippen molar-refractivity contribution < 1.29 is 0 Å². The van der Waals surface area contributed by atoms with Crippen LogP contribution in [0.15, 0.2) is 182 Å². The van der Waals surface area contributed by atoms with Crippen LogP contribution in [0.4, 0.5) is 0 Å². The third-order valence-electron chi connectivity index (χ3n) is 11.2. The molecule has 0 N–H and O–H groups in total. The monoisotopic (exact) mass is 686 g/mol. The molecule has 12 aromatic rings. The lowest BCUT2D eigenvalue weighted by atomic mass is 10.0. The number of nitrogens with zero attached hydrogens (tertiary/aromatic N) is 4. The molecule has 0 radical (unpaired) electrons. The van der Waals surface area contributed by atoms with Crippen LogP contribution in [0.3, 0.4) is 0 Å². The Morgan fingerprint density at radius 2 is 0.981 bits per heavy atom. The van der Waals surface area contributed by atoms with E-state index in [9.17, 15) is 0 Å². The van der Waals surface area contributed by atoms with Crippen molar-refractivity contribution >= 4 is 87.0 Å². The van der Waals surface area contributed by atoms with Gasteiger partial charge in [0.25, 0.3) is 0 Å². The van der Waals surface area contributed by atoms with Gasteiger partial charge in [0.2, 0.25) is 0 Å². The van der Waals surface area contributed by atoms with E-state index in [2.05, 4.69) is 179 Å². The van der Waals surface area contributed by atoms with E-state index < -0.39 is 0 Å². The molecule has 0 amide bonds. The van der Waals surface area contributed by atoms with Crippen LogP contribution in [-0.4, -0.2) is 19.1 Å². The van der Waals surface area contributed by atoms with Gasteiger partial charge in [-0.25, -0.2) is 9.97 Å². The lowest BCUT2D eigenvalue weighted by Crippen LogP contribution is -2.04. The van der Waals surface area contributed by atoms with E-state index >= 15 is 0 Å². The Balaban J connectivity index is 1.24. The molecule has 250 valence electrons. The number of fused-ring (bicyclic) bond motifs is 12. The largest absolute Gasteiger partial charge is 0.309 e. The van der Waals surface area contributed by atoms with Crippen LogP contribution in [0, 0.1) is 0 Å². The van der Waals surface area contributed by atoms with Crippen LogP contribution in [0.25, 0.3) is 110 Å². The molecule has 0 fully saturated rings. The summed E-state index contributed by atoms with van der Waals surface area (Å²) in [4.78, 5) is 10.9. The van der Waals surface area contributed by atoms with E-state index in [0.717, 1.165) is 44.8 Å². The number of hydrogen-bond donors (Lipinski definition) is 0. The van der Waals surface area contributed by atoms with Gasteiger partial charge >= 0.3 is 0 Å². The molecule has 54 heavy (non-hydrogen) atoms. The van der Waals surface area contributed by atoms with E-state index in [1.54, 1.807) is 0 Å². The van der Waals surface area contributed by atoms with Crippen molar-refractivity contribution in [2.24, 2.45) is 0 Å². The summed E-state index contributed by atoms with van der Waals surface area (Å²) in [5.74, 6) is 0.809. The van der Waals surface area contributed by atoms with Crippen molar-refractivity contribution in [3.05, 3.63) is 182 Å². The zero-order chi connectivity index (χ0) is 35.3. The molecule has 9 aromatic carbocycles. The SMILES string of the molecule is c1ccc2cc(-c3nc4ccccc4nc3-n3c4cc(-n5c6ccccc6c6ccc7ccccc7c65)ccc4c4c5ccccc5ccc43)ccc2c1. The van der Waals surface area contributed by atoms with Crippen LogP contribution < -0.4 is 0 Å². The van der Waals surface area contributed by atoms with Gasteiger partial charge in [0.15, 0.2) is 5.82 Å². The summed E-state index contributed by atoms with van der Waals surface area (Å²) in [6.45, 7) is 0. The van der Waals surface area contributed by atoms with Crippen LogP contribution in [-0.2, 0) is 0 Å². The molecule has 0 unspecified atom stereocenters. The molecule has 0 aliphatic carbocycles. The van der Waals surface area contributed by atoms with Gasteiger partial charge in [-0.3, -0.25) is 4.57 Å². The molecule has 0 aliphatic heterocycles. The van der Waals surface area contributed by atoms with Crippen LogP contribution >= 0.6 is 0 Å². The molecule has 0 saturated heterocycles. The summed E-state index contributed by atoms with van der Waals surface area (Å²) < 4.78 is 4.80. The summed E-state index contributed by atoms with van der Waals surface area (Å²) in [6, 6.07) is 65.5. The van der Waals surface area contributed by atoms with Crippen molar-refractivity contribution in [2.75, 3.05) is 0 Å². The number of rotatable bonds is 3. The highest BCUT2D eigenvalue weighted by molar-refractivity contribution is 6.22. The van der Waals surface area contributed by atoms with E-state index in [-0.39, 0.29) is 0 Å². The molecule has 4 nitrogen and oxygen atoms in total. The molecule has 3 heterocycles. The maximum atomic E-state index is 5.48. The van der Waals surface area contributed by atoms with Gasteiger partial charge < -0.3 is 4.57 Å². The first kappa shape index (κ1) is 29.3. The van der Waals surface area contributed by atoms with Gasteiger partial charge in [-0.05, 0) is 69.4 Å². The molecule has 12 rings (SSSR count). The Bertz CT molecular complexity index is 3510. The summed E-state index contributed by atoms with van der Waals surface area (Å²) in [5.41, 5.74) is 9.27. The first-order chi connectivity index (χ1) is 26.8. The van der Waals surface area contributed by atoms with Gasteiger partial charge in [0, 0.05) is 38.2 Å². The molecule has 4 heteroatoms. The van der Waals surface area contributed by atoms with Crippen LogP contribution in [0.1, 0.15) is 0 Å². The number of aromatic nitrogens is 4. The van der Waals surface area contributed by atoms with Crippen LogP contribution in [0.5, 0.6) is 0 Å².